The number of aryl methyl sites for hydroxylation is 1. The fraction of sp³-hybridized carbons (Fsp3) is 0.440. The van der Waals surface area contributed by atoms with Crippen LogP contribution in [0.4, 0.5) is 11.4 Å². The van der Waals surface area contributed by atoms with E-state index in [1.807, 2.05) is 43.3 Å². The van der Waals surface area contributed by atoms with Crippen molar-refractivity contribution >= 4 is 23.2 Å². The van der Waals surface area contributed by atoms with Gasteiger partial charge < -0.3 is 15.5 Å². The summed E-state index contributed by atoms with van der Waals surface area (Å²) < 4.78 is 0. The molecular weight excluding hydrogens is 388 g/mol. The van der Waals surface area contributed by atoms with Crippen LogP contribution < -0.4 is 10.6 Å². The highest BCUT2D eigenvalue weighted by atomic mass is 16.2. The Balaban J connectivity index is 1.37. The zero-order chi connectivity index (χ0) is 21.6. The number of likely N-dealkylation sites (tertiary alicyclic amines) is 2. The summed E-state index contributed by atoms with van der Waals surface area (Å²) in [6.07, 6.45) is 4.86. The Kier molecular flexibility index (Phi) is 6.99. The van der Waals surface area contributed by atoms with Crippen LogP contribution in [0, 0.1) is 6.92 Å². The van der Waals surface area contributed by atoms with Crippen LogP contribution in [0.25, 0.3) is 0 Å². The fourth-order valence-electron chi connectivity index (χ4n) is 4.66. The van der Waals surface area contributed by atoms with Crippen LogP contribution in [0.15, 0.2) is 48.5 Å². The van der Waals surface area contributed by atoms with Crippen molar-refractivity contribution in [2.75, 3.05) is 43.4 Å². The average molecular weight is 421 g/mol. The van der Waals surface area contributed by atoms with Crippen molar-refractivity contribution in [3.63, 3.8) is 0 Å². The van der Waals surface area contributed by atoms with Gasteiger partial charge in [-0.1, -0.05) is 24.3 Å². The molecule has 0 spiro atoms. The smallest absolute Gasteiger partial charge is 0.257 e. The van der Waals surface area contributed by atoms with Crippen LogP contribution in [-0.2, 0) is 4.79 Å². The Morgan fingerprint density at radius 2 is 1.77 bits per heavy atom. The summed E-state index contributed by atoms with van der Waals surface area (Å²) >= 11 is 0. The zero-order valence-corrected chi connectivity index (χ0v) is 18.3. The van der Waals surface area contributed by atoms with Crippen molar-refractivity contribution in [3.05, 3.63) is 59.7 Å². The number of para-hydroxylation sites is 1. The third-order valence-corrected chi connectivity index (χ3v) is 6.24. The minimum Gasteiger partial charge on any atom is -0.324 e. The van der Waals surface area contributed by atoms with E-state index in [9.17, 15) is 9.59 Å². The maximum Gasteiger partial charge on any atom is 0.257 e. The summed E-state index contributed by atoms with van der Waals surface area (Å²) in [6, 6.07) is 15.3. The zero-order valence-electron chi connectivity index (χ0n) is 18.3. The second kappa shape index (κ2) is 10.1. The van der Waals surface area contributed by atoms with Gasteiger partial charge >= 0.3 is 0 Å². The van der Waals surface area contributed by atoms with Gasteiger partial charge in [-0.15, -0.1) is 0 Å². The molecule has 2 fully saturated rings. The van der Waals surface area contributed by atoms with E-state index in [0.29, 0.717) is 23.8 Å². The molecule has 2 heterocycles. The Morgan fingerprint density at radius 1 is 0.968 bits per heavy atom. The number of anilines is 2. The lowest BCUT2D eigenvalue weighted by Gasteiger charge is -2.28. The summed E-state index contributed by atoms with van der Waals surface area (Å²) in [5, 5.41) is 5.90. The summed E-state index contributed by atoms with van der Waals surface area (Å²) in [5.41, 5.74) is 2.83. The second-order valence-electron chi connectivity index (χ2n) is 8.69. The molecule has 2 aliphatic rings. The molecule has 1 unspecified atom stereocenters. The molecule has 1 atom stereocenters. The fourth-order valence-corrected chi connectivity index (χ4v) is 4.66. The molecule has 2 N–H and O–H groups in total. The van der Waals surface area contributed by atoms with Gasteiger partial charge in [0.25, 0.3) is 5.91 Å². The molecule has 6 nitrogen and oxygen atoms in total. The molecule has 2 amide bonds. The highest BCUT2D eigenvalue weighted by Crippen LogP contribution is 2.22. The number of nitrogens with zero attached hydrogens (tertiary/aromatic N) is 2. The first kappa shape index (κ1) is 21.5. The first-order valence-electron chi connectivity index (χ1n) is 11.3. The highest BCUT2D eigenvalue weighted by molar-refractivity contribution is 6.10. The molecule has 0 aromatic heterocycles. The van der Waals surface area contributed by atoms with Crippen molar-refractivity contribution < 1.29 is 9.59 Å². The Morgan fingerprint density at radius 3 is 2.58 bits per heavy atom. The number of benzene rings is 2. The Hall–Kier alpha value is -2.70. The van der Waals surface area contributed by atoms with Crippen molar-refractivity contribution in [2.24, 2.45) is 0 Å². The quantitative estimate of drug-likeness (QED) is 0.716. The van der Waals surface area contributed by atoms with Gasteiger partial charge in [0.05, 0.1) is 17.8 Å². The third-order valence-electron chi connectivity index (χ3n) is 6.24. The normalized spacial score (nSPS) is 19.5. The average Bonchev–Trinajstić information content (AvgIpc) is 3.41. The number of nitrogens with one attached hydrogen (secondary N) is 2. The van der Waals surface area contributed by atoms with Crippen molar-refractivity contribution in [2.45, 2.75) is 38.6 Å². The van der Waals surface area contributed by atoms with Crippen molar-refractivity contribution in [1.29, 1.82) is 0 Å². The van der Waals surface area contributed by atoms with Crippen LogP contribution in [0.3, 0.4) is 0 Å². The van der Waals surface area contributed by atoms with Gasteiger partial charge in [0.1, 0.15) is 0 Å². The molecule has 0 radical (unpaired) electrons. The van der Waals surface area contributed by atoms with Crippen LogP contribution in [-0.4, -0.2) is 60.4 Å². The molecule has 0 aliphatic carbocycles. The van der Waals surface area contributed by atoms with E-state index in [1.165, 1.54) is 25.9 Å². The molecular formula is C25H32N4O2. The van der Waals surface area contributed by atoms with Gasteiger partial charge in [-0.3, -0.25) is 14.5 Å². The largest absolute Gasteiger partial charge is 0.324 e. The number of carbonyl (C=O) groups is 2. The summed E-state index contributed by atoms with van der Waals surface area (Å²) in [7, 11) is 0. The van der Waals surface area contributed by atoms with Crippen LogP contribution in [0.1, 0.15) is 41.6 Å². The number of hydrogen-bond donors (Lipinski definition) is 2. The summed E-state index contributed by atoms with van der Waals surface area (Å²) in [6.45, 7) is 6.73. The molecule has 0 saturated carbocycles. The van der Waals surface area contributed by atoms with E-state index in [1.54, 1.807) is 12.1 Å². The van der Waals surface area contributed by atoms with E-state index in [4.69, 9.17) is 0 Å². The molecule has 31 heavy (non-hydrogen) atoms. The lowest BCUT2D eigenvalue weighted by molar-refractivity contribution is -0.117. The van der Waals surface area contributed by atoms with E-state index in [-0.39, 0.29) is 11.8 Å². The van der Waals surface area contributed by atoms with E-state index < -0.39 is 0 Å². The minimum absolute atomic E-state index is 0.0656. The van der Waals surface area contributed by atoms with Crippen molar-refractivity contribution in [1.82, 2.24) is 9.80 Å². The van der Waals surface area contributed by atoms with E-state index >= 15 is 0 Å². The topological polar surface area (TPSA) is 64.7 Å². The van der Waals surface area contributed by atoms with Gasteiger partial charge in [-0.05, 0) is 82.1 Å². The molecule has 164 valence electrons. The van der Waals surface area contributed by atoms with Crippen LogP contribution in [0.2, 0.25) is 0 Å². The number of carbonyl (C=O) groups excluding carboxylic acids is 2. The maximum absolute atomic E-state index is 12.8. The molecule has 2 saturated heterocycles. The second-order valence-corrected chi connectivity index (χ2v) is 8.69. The van der Waals surface area contributed by atoms with E-state index in [0.717, 1.165) is 37.2 Å². The van der Waals surface area contributed by atoms with Crippen LogP contribution in [0.5, 0.6) is 0 Å². The number of rotatable bonds is 7. The van der Waals surface area contributed by atoms with Gasteiger partial charge in [0, 0.05) is 18.3 Å². The maximum atomic E-state index is 12.8. The van der Waals surface area contributed by atoms with Crippen LogP contribution >= 0.6 is 0 Å². The Bertz CT molecular complexity index is 923. The van der Waals surface area contributed by atoms with Gasteiger partial charge in [0.15, 0.2) is 0 Å². The molecule has 0 bridgehead atoms. The standard InChI is InChI=1S/C25H32N4O2/c1-19-8-6-9-20(16-19)26-25(31)22-11-2-3-12-23(22)27-24(30)18-29-15-7-10-21(29)17-28-13-4-5-14-28/h2-3,6,8-9,11-12,16,21H,4-5,7,10,13-15,17-18H2,1H3,(H,26,31)(H,27,30). The predicted molar refractivity (Wildman–Crippen MR) is 124 cm³/mol. The van der Waals surface area contributed by atoms with Gasteiger partial charge in [0.2, 0.25) is 5.91 Å². The molecule has 2 aliphatic heterocycles. The monoisotopic (exact) mass is 420 g/mol. The molecule has 2 aromatic rings. The lowest BCUT2D eigenvalue weighted by Crippen LogP contribution is -2.42. The SMILES string of the molecule is Cc1cccc(NC(=O)c2ccccc2NC(=O)CN2CCCC2CN2CCCC2)c1. The van der Waals surface area contributed by atoms with Gasteiger partial charge in [-0.2, -0.15) is 0 Å². The number of hydrogen-bond acceptors (Lipinski definition) is 4. The third kappa shape index (κ3) is 5.71. The van der Waals surface area contributed by atoms with Gasteiger partial charge in [-0.25, -0.2) is 0 Å². The van der Waals surface area contributed by atoms with E-state index in [2.05, 4.69) is 20.4 Å². The molecule has 4 rings (SSSR count). The molecule has 6 heteroatoms. The first-order chi connectivity index (χ1) is 15.1. The first-order valence-corrected chi connectivity index (χ1v) is 11.3. The van der Waals surface area contributed by atoms with Crippen molar-refractivity contribution in [3.8, 4) is 0 Å². The highest BCUT2D eigenvalue weighted by Gasteiger charge is 2.29. The predicted octanol–water partition coefficient (Wildman–Crippen LogP) is 3.75. The number of amides is 2. The lowest BCUT2D eigenvalue weighted by atomic mass is 10.1. The molecule has 2 aromatic carbocycles. The minimum atomic E-state index is -0.227. The Labute approximate surface area is 184 Å². The summed E-state index contributed by atoms with van der Waals surface area (Å²) in [5.74, 6) is -0.293. The summed E-state index contributed by atoms with van der Waals surface area (Å²) in [4.78, 5) is 30.5.